The summed E-state index contributed by atoms with van der Waals surface area (Å²) in [6.07, 6.45) is 6.46. The lowest BCUT2D eigenvalue weighted by molar-refractivity contribution is 0.0637. The van der Waals surface area contributed by atoms with E-state index in [0.29, 0.717) is 11.5 Å². The number of fused-ring (bicyclic) bond motifs is 1. The number of rotatable bonds is 2. The number of amides is 1. The average Bonchev–Trinajstić information content (AvgIpc) is 2.90. The lowest BCUT2D eigenvalue weighted by atomic mass is 9.75. The Balaban J connectivity index is 1.79. The lowest BCUT2D eigenvalue weighted by Crippen LogP contribution is -2.40. The molecule has 0 bridgehead atoms. The summed E-state index contributed by atoms with van der Waals surface area (Å²) in [6.45, 7) is 4.65. The Morgan fingerprint density at radius 2 is 1.90 bits per heavy atom. The lowest BCUT2D eigenvalue weighted by Gasteiger charge is -2.38. The van der Waals surface area contributed by atoms with Gasteiger partial charge in [-0.05, 0) is 37.2 Å². The topological polar surface area (TPSA) is 36.1 Å². The third-order valence-corrected chi connectivity index (χ3v) is 5.00. The zero-order valence-corrected chi connectivity index (χ0v) is 13.1. The zero-order chi connectivity index (χ0) is 15.0. The van der Waals surface area contributed by atoms with Crippen LogP contribution in [0, 0.1) is 5.41 Å². The molecule has 0 atom stereocenters. The van der Waals surface area contributed by atoms with Crippen LogP contribution < -0.4 is 0 Å². The van der Waals surface area contributed by atoms with Crippen molar-refractivity contribution in [3.05, 3.63) is 36.0 Å². The van der Waals surface area contributed by atoms with Gasteiger partial charge in [0.05, 0.1) is 5.56 Å². The SMILES string of the molecule is CN(C(=O)c1c[nH]c2ccccc12)C1CCC(C)(C)CC1. The van der Waals surface area contributed by atoms with Crippen molar-refractivity contribution < 1.29 is 4.79 Å². The number of nitrogens with zero attached hydrogens (tertiary/aromatic N) is 1. The van der Waals surface area contributed by atoms with Crippen LogP contribution in [0.3, 0.4) is 0 Å². The van der Waals surface area contributed by atoms with Gasteiger partial charge in [0.2, 0.25) is 0 Å². The molecule has 0 unspecified atom stereocenters. The summed E-state index contributed by atoms with van der Waals surface area (Å²) in [6, 6.07) is 8.36. The predicted molar refractivity (Wildman–Crippen MR) is 86.4 cm³/mol. The Labute approximate surface area is 126 Å². The van der Waals surface area contributed by atoms with E-state index >= 15 is 0 Å². The molecule has 21 heavy (non-hydrogen) atoms. The molecule has 3 rings (SSSR count). The monoisotopic (exact) mass is 284 g/mol. The van der Waals surface area contributed by atoms with Gasteiger partial charge in [-0.3, -0.25) is 4.79 Å². The second-order valence-corrected chi connectivity index (χ2v) is 7.06. The molecule has 1 heterocycles. The maximum atomic E-state index is 12.8. The minimum absolute atomic E-state index is 0.136. The van der Waals surface area contributed by atoms with Gasteiger partial charge in [0.15, 0.2) is 0 Å². The maximum Gasteiger partial charge on any atom is 0.256 e. The van der Waals surface area contributed by atoms with Crippen molar-refractivity contribution in [1.29, 1.82) is 0 Å². The maximum absolute atomic E-state index is 12.8. The predicted octanol–water partition coefficient (Wildman–Crippen LogP) is 4.21. The van der Waals surface area contributed by atoms with E-state index in [9.17, 15) is 4.79 Å². The van der Waals surface area contributed by atoms with E-state index in [2.05, 4.69) is 18.8 Å². The molecule has 3 nitrogen and oxygen atoms in total. The summed E-state index contributed by atoms with van der Waals surface area (Å²) in [5, 5.41) is 1.02. The third kappa shape index (κ3) is 2.69. The van der Waals surface area contributed by atoms with Crippen molar-refractivity contribution in [2.45, 2.75) is 45.6 Å². The van der Waals surface area contributed by atoms with E-state index < -0.39 is 0 Å². The van der Waals surface area contributed by atoms with Gasteiger partial charge in [0, 0.05) is 30.2 Å². The molecule has 2 aromatic rings. The summed E-state index contributed by atoms with van der Waals surface area (Å²) in [4.78, 5) is 17.9. The number of hydrogen-bond donors (Lipinski definition) is 1. The van der Waals surface area contributed by atoms with E-state index in [0.717, 1.165) is 29.3 Å². The fourth-order valence-electron chi connectivity index (χ4n) is 3.38. The van der Waals surface area contributed by atoms with E-state index in [1.807, 2.05) is 42.4 Å². The van der Waals surface area contributed by atoms with Crippen LogP contribution in [0.2, 0.25) is 0 Å². The molecule has 1 aliphatic carbocycles. The first-order chi connectivity index (χ1) is 9.98. The number of H-pyrrole nitrogens is 1. The normalized spacial score (nSPS) is 18.8. The summed E-state index contributed by atoms with van der Waals surface area (Å²) < 4.78 is 0. The fraction of sp³-hybridized carbons (Fsp3) is 0.500. The number of carbonyl (C=O) groups excluding carboxylic acids is 1. The van der Waals surface area contributed by atoms with E-state index in [1.165, 1.54) is 12.8 Å². The molecule has 1 fully saturated rings. The second-order valence-electron chi connectivity index (χ2n) is 7.06. The van der Waals surface area contributed by atoms with Crippen molar-refractivity contribution in [3.63, 3.8) is 0 Å². The average molecular weight is 284 g/mol. The van der Waals surface area contributed by atoms with Gasteiger partial charge in [0.1, 0.15) is 0 Å². The van der Waals surface area contributed by atoms with Gasteiger partial charge in [-0.2, -0.15) is 0 Å². The van der Waals surface area contributed by atoms with E-state index in [-0.39, 0.29) is 5.91 Å². The molecule has 1 N–H and O–H groups in total. The van der Waals surface area contributed by atoms with Crippen molar-refractivity contribution in [3.8, 4) is 0 Å². The van der Waals surface area contributed by atoms with Gasteiger partial charge < -0.3 is 9.88 Å². The summed E-state index contributed by atoms with van der Waals surface area (Å²) in [7, 11) is 1.95. The smallest absolute Gasteiger partial charge is 0.256 e. The molecular formula is C18H24N2O. The van der Waals surface area contributed by atoms with Crippen LogP contribution >= 0.6 is 0 Å². The van der Waals surface area contributed by atoms with Crippen molar-refractivity contribution in [1.82, 2.24) is 9.88 Å². The Morgan fingerprint density at radius 1 is 1.24 bits per heavy atom. The summed E-state index contributed by atoms with van der Waals surface area (Å²) >= 11 is 0. The van der Waals surface area contributed by atoms with Gasteiger partial charge in [-0.25, -0.2) is 0 Å². The van der Waals surface area contributed by atoms with Gasteiger partial charge in [-0.1, -0.05) is 32.0 Å². The van der Waals surface area contributed by atoms with Gasteiger partial charge in [0.25, 0.3) is 5.91 Å². The van der Waals surface area contributed by atoms with E-state index in [4.69, 9.17) is 0 Å². The van der Waals surface area contributed by atoms with Crippen LogP contribution in [0.1, 0.15) is 49.9 Å². The number of para-hydroxylation sites is 1. The number of aromatic amines is 1. The van der Waals surface area contributed by atoms with Gasteiger partial charge >= 0.3 is 0 Å². The number of aromatic nitrogens is 1. The van der Waals surface area contributed by atoms with Crippen LogP contribution in [0.4, 0.5) is 0 Å². The molecule has 1 aromatic heterocycles. The second kappa shape index (κ2) is 5.21. The van der Waals surface area contributed by atoms with Crippen LogP contribution in [0.15, 0.2) is 30.5 Å². The Bertz CT molecular complexity index is 646. The van der Waals surface area contributed by atoms with Crippen LogP contribution in [-0.4, -0.2) is 28.9 Å². The molecule has 0 saturated heterocycles. The quantitative estimate of drug-likeness (QED) is 0.881. The minimum atomic E-state index is 0.136. The molecule has 112 valence electrons. The van der Waals surface area contributed by atoms with Gasteiger partial charge in [-0.15, -0.1) is 0 Å². The molecule has 3 heteroatoms. The Hall–Kier alpha value is -1.77. The number of carbonyl (C=O) groups is 1. The third-order valence-electron chi connectivity index (χ3n) is 5.00. The highest BCUT2D eigenvalue weighted by atomic mass is 16.2. The summed E-state index contributed by atoms with van der Waals surface area (Å²) in [5.74, 6) is 0.136. The van der Waals surface area contributed by atoms with Crippen LogP contribution in [0.25, 0.3) is 10.9 Å². The number of hydrogen-bond acceptors (Lipinski definition) is 1. The molecule has 0 radical (unpaired) electrons. The van der Waals surface area contributed by atoms with Crippen molar-refractivity contribution >= 4 is 16.8 Å². The van der Waals surface area contributed by atoms with Crippen LogP contribution in [0.5, 0.6) is 0 Å². The number of nitrogens with one attached hydrogen (secondary N) is 1. The zero-order valence-electron chi connectivity index (χ0n) is 13.1. The van der Waals surface area contributed by atoms with E-state index in [1.54, 1.807) is 0 Å². The molecule has 1 aliphatic rings. The first-order valence-corrected chi connectivity index (χ1v) is 7.81. The standard InChI is InChI=1S/C18H24N2O/c1-18(2)10-8-13(9-11-18)20(3)17(21)15-12-19-16-7-5-4-6-14(15)16/h4-7,12-13,19H,8-11H2,1-3H3. The Morgan fingerprint density at radius 3 is 2.62 bits per heavy atom. The largest absolute Gasteiger partial charge is 0.360 e. The molecule has 0 aliphatic heterocycles. The first kappa shape index (κ1) is 14.2. The fourth-order valence-corrected chi connectivity index (χ4v) is 3.38. The minimum Gasteiger partial charge on any atom is -0.360 e. The highest BCUT2D eigenvalue weighted by Crippen LogP contribution is 2.37. The van der Waals surface area contributed by atoms with Crippen LogP contribution in [-0.2, 0) is 0 Å². The molecule has 0 spiro atoms. The molecule has 1 aromatic carbocycles. The first-order valence-electron chi connectivity index (χ1n) is 7.81. The Kier molecular flexibility index (Phi) is 3.52. The molecule has 1 saturated carbocycles. The summed E-state index contributed by atoms with van der Waals surface area (Å²) in [5.41, 5.74) is 2.25. The van der Waals surface area contributed by atoms with Crippen molar-refractivity contribution in [2.75, 3.05) is 7.05 Å². The van der Waals surface area contributed by atoms with Crippen molar-refractivity contribution in [2.24, 2.45) is 5.41 Å². The highest BCUT2D eigenvalue weighted by molar-refractivity contribution is 6.06. The number of benzene rings is 1. The molecular weight excluding hydrogens is 260 g/mol. The highest BCUT2D eigenvalue weighted by Gasteiger charge is 2.31. The molecule has 1 amide bonds.